The normalized spacial score (nSPS) is 14.0. The second kappa shape index (κ2) is 7.09. The van der Waals surface area contributed by atoms with Gasteiger partial charge in [-0.15, -0.1) is 0 Å². The van der Waals surface area contributed by atoms with E-state index in [9.17, 15) is 8.42 Å². The first-order chi connectivity index (χ1) is 9.17. The van der Waals surface area contributed by atoms with Crippen LogP contribution >= 0.6 is 23.2 Å². The van der Waals surface area contributed by atoms with E-state index in [0.717, 1.165) is 0 Å². The van der Waals surface area contributed by atoms with Gasteiger partial charge < -0.3 is 5.73 Å². The van der Waals surface area contributed by atoms with Crippen LogP contribution in [0.4, 0.5) is 0 Å². The Kier molecular flexibility index (Phi) is 6.28. The summed E-state index contributed by atoms with van der Waals surface area (Å²) in [5, 5.41) is 0.245. The van der Waals surface area contributed by atoms with E-state index >= 15 is 0 Å². The molecular weight excluding hydrogens is 319 g/mol. The molecule has 1 unspecified atom stereocenters. The zero-order chi connectivity index (χ0) is 15.5. The highest BCUT2D eigenvalue weighted by Crippen LogP contribution is 2.31. The lowest BCUT2D eigenvalue weighted by Gasteiger charge is -2.22. The summed E-state index contributed by atoms with van der Waals surface area (Å²) in [7, 11) is -2.21. The van der Waals surface area contributed by atoms with Gasteiger partial charge >= 0.3 is 0 Å². The van der Waals surface area contributed by atoms with Crippen LogP contribution in [0.1, 0.15) is 20.3 Å². The molecule has 0 aliphatic carbocycles. The highest BCUT2D eigenvalue weighted by molar-refractivity contribution is 7.89. The molecular formula is C13H20Cl2N2O2S. The fourth-order valence-electron chi connectivity index (χ4n) is 1.67. The van der Waals surface area contributed by atoms with E-state index in [0.29, 0.717) is 18.9 Å². The molecule has 0 aromatic heterocycles. The minimum Gasteiger partial charge on any atom is -0.327 e. The molecule has 1 aromatic carbocycles. The molecule has 1 aromatic rings. The summed E-state index contributed by atoms with van der Waals surface area (Å²) < 4.78 is 26.2. The van der Waals surface area contributed by atoms with Crippen molar-refractivity contribution in [2.24, 2.45) is 11.7 Å². The van der Waals surface area contributed by atoms with E-state index in [4.69, 9.17) is 28.9 Å². The molecule has 7 heteroatoms. The van der Waals surface area contributed by atoms with E-state index in [1.807, 2.05) is 13.8 Å². The van der Waals surface area contributed by atoms with Crippen molar-refractivity contribution in [1.82, 2.24) is 4.31 Å². The number of benzene rings is 1. The summed E-state index contributed by atoms with van der Waals surface area (Å²) in [6.07, 6.45) is 0.579. The number of hydrogen-bond donors (Lipinski definition) is 1. The van der Waals surface area contributed by atoms with Crippen molar-refractivity contribution in [2.75, 3.05) is 13.6 Å². The van der Waals surface area contributed by atoms with Gasteiger partial charge in [-0.25, -0.2) is 12.7 Å². The minimum atomic E-state index is -3.71. The van der Waals surface area contributed by atoms with Crippen LogP contribution in [0.2, 0.25) is 10.0 Å². The predicted octanol–water partition coefficient (Wildman–Crippen LogP) is 2.99. The third-order valence-electron chi connectivity index (χ3n) is 3.22. The molecule has 0 saturated heterocycles. The molecule has 1 rings (SSSR count). The Bertz CT molecular complexity index is 541. The van der Waals surface area contributed by atoms with E-state index in [1.165, 1.54) is 23.5 Å². The zero-order valence-corrected chi connectivity index (χ0v) is 14.1. The second-order valence-corrected chi connectivity index (χ2v) is 7.87. The maximum atomic E-state index is 12.5. The van der Waals surface area contributed by atoms with Gasteiger partial charge in [-0.2, -0.15) is 0 Å². The van der Waals surface area contributed by atoms with Crippen LogP contribution in [0, 0.1) is 5.92 Å². The molecule has 0 aliphatic heterocycles. The molecule has 0 fully saturated rings. The van der Waals surface area contributed by atoms with Gasteiger partial charge in [-0.3, -0.25) is 0 Å². The lowest BCUT2D eigenvalue weighted by Crippen LogP contribution is -2.34. The van der Waals surface area contributed by atoms with Gasteiger partial charge in [-0.05, 0) is 24.5 Å². The molecule has 0 radical (unpaired) electrons. The van der Waals surface area contributed by atoms with Gasteiger partial charge in [-0.1, -0.05) is 43.1 Å². The zero-order valence-electron chi connectivity index (χ0n) is 11.8. The molecule has 0 aliphatic rings. The van der Waals surface area contributed by atoms with Crippen molar-refractivity contribution >= 4 is 33.2 Å². The first kappa shape index (κ1) is 17.7. The van der Waals surface area contributed by atoms with Crippen molar-refractivity contribution in [3.05, 3.63) is 28.2 Å². The highest BCUT2D eigenvalue weighted by atomic mass is 35.5. The molecule has 0 saturated carbocycles. The van der Waals surface area contributed by atoms with E-state index in [1.54, 1.807) is 6.07 Å². The molecule has 0 bridgehead atoms. The van der Waals surface area contributed by atoms with Gasteiger partial charge in [0.15, 0.2) is 0 Å². The van der Waals surface area contributed by atoms with Crippen LogP contribution in [0.5, 0.6) is 0 Å². The van der Waals surface area contributed by atoms with Gasteiger partial charge in [0.25, 0.3) is 0 Å². The van der Waals surface area contributed by atoms with Crippen LogP contribution in [0.25, 0.3) is 0 Å². The quantitative estimate of drug-likeness (QED) is 0.867. The average Bonchev–Trinajstić information content (AvgIpc) is 2.34. The Morgan fingerprint density at radius 1 is 1.25 bits per heavy atom. The molecule has 2 N–H and O–H groups in total. The standard InChI is InChI=1S/C13H20Cl2N2O2S/c1-9(2)12(16)7-8-17(3)20(18,19)13-10(14)5-4-6-11(13)15/h4-6,9,12H,7-8,16H2,1-3H3. The monoisotopic (exact) mass is 338 g/mol. The summed E-state index contributed by atoms with van der Waals surface area (Å²) in [6, 6.07) is 4.58. The average molecular weight is 339 g/mol. The maximum absolute atomic E-state index is 12.5. The molecule has 0 heterocycles. The van der Waals surface area contributed by atoms with Gasteiger partial charge in [0, 0.05) is 19.6 Å². The predicted molar refractivity (Wildman–Crippen MR) is 83.7 cm³/mol. The Balaban J connectivity index is 2.94. The van der Waals surface area contributed by atoms with Crippen molar-refractivity contribution in [3.63, 3.8) is 0 Å². The van der Waals surface area contributed by atoms with Crippen molar-refractivity contribution in [3.8, 4) is 0 Å². The van der Waals surface area contributed by atoms with Crippen molar-refractivity contribution < 1.29 is 8.42 Å². The maximum Gasteiger partial charge on any atom is 0.245 e. The van der Waals surface area contributed by atoms with Crippen molar-refractivity contribution in [1.29, 1.82) is 0 Å². The first-order valence-corrected chi connectivity index (χ1v) is 8.53. The molecule has 1 atom stereocenters. The molecule has 20 heavy (non-hydrogen) atoms. The van der Waals surface area contributed by atoms with Crippen LogP contribution in [-0.2, 0) is 10.0 Å². The Morgan fingerprint density at radius 2 is 1.75 bits per heavy atom. The Labute approximate surface area is 130 Å². The SMILES string of the molecule is CC(C)C(N)CCN(C)S(=O)(=O)c1c(Cl)cccc1Cl. The van der Waals surface area contributed by atoms with Gasteiger partial charge in [0.1, 0.15) is 4.90 Å². The third-order valence-corrected chi connectivity index (χ3v) is 6.03. The smallest absolute Gasteiger partial charge is 0.245 e. The fraction of sp³-hybridized carbons (Fsp3) is 0.538. The summed E-state index contributed by atoms with van der Waals surface area (Å²) in [5.41, 5.74) is 5.93. The summed E-state index contributed by atoms with van der Waals surface area (Å²) >= 11 is 11.9. The van der Waals surface area contributed by atoms with E-state index in [-0.39, 0.29) is 21.0 Å². The number of hydrogen-bond acceptors (Lipinski definition) is 3. The Hall–Kier alpha value is -0.330. The Morgan fingerprint density at radius 3 is 2.20 bits per heavy atom. The number of rotatable bonds is 6. The minimum absolute atomic E-state index is 0.0469. The summed E-state index contributed by atoms with van der Waals surface area (Å²) in [4.78, 5) is -0.0519. The number of halogens is 2. The van der Waals surface area contributed by atoms with Crippen LogP contribution in [0.3, 0.4) is 0 Å². The second-order valence-electron chi connectivity index (χ2n) is 5.07. The number of nitrogens with zero attached hydrogens (tertiary/aromatic N) is 1. The number of sulfonamides is 1. The summed E-state index contributed by atoms with van der Waals surface area (Å²) in [6.45, 7) is 4.33. The first-order valence-electron chi connectivity index (χ1n) is 6.34. The van der Waals surface area contributed by atoms with Crippen molar-refractivity contribution in [2.45, 2.75) is 31.2 Å². The van der Waals surface area contributed by atoms with Gasteiger partial charge in [0.05, 0.1) is 10.0 Å². The lowest BCUT2D eigenvalue weighted by atomic mass is 10.0. The molecule has 114 valence electrons. The number of nitrogens with two attached hydrogens (primary N) is 1. The molecule has 0 spiro atoms. The van der Waals surface area contributed by atoms with Crippen LogP contribution < -0.4 is 5.73 Å². The molecule has 0 amide bonds. The highest BCUT2D eigenvalue weighted by Gasteiger charge is 2.26. The third kappa shape index (κ3) is 4.09. The van der Waals surface area contributed by atoms with Crippen LogP contribution in [0.15, 0.2) is 23.1 Å². The van der Waals surface area contributed by atoms with E-state index in [2.05, 4.69) is 0 Å². The lowest BCUT2D eigenvalue weighted by molar-refractivity contribution is 0.397. The topological polar surface area (TPSA) is 63.4 Å². The van der Waals surface area contributed by atoms with Crippen LogP contribution in [-0.4, -0.2) is 32.4 Å². The largest absolute Gasteiger partial charge is 0.327 e. The summed E-state index contributed by atoms with van der Waals surface area (Å²) in [5.74, 6) is 0.301. The van der Waals surface area contributed by atoms with E-state index < -0.39 is 10.0 Å². The van der Waals surface area contributed by atoms with Gasteiger partial charge in [0.2, 0.25) is 10.0 Å². The molecule has 4 nitrogen and oxygen atoms in total. The fourth-order valence-corrected chi connectivity index (χ4v) is 3.94.